The number of nitrogens with one attached hydrogen (secondary N) is 1. The molecule has 1 N–H and O–H groups in total. The maximum absolute atomic E-state index is 12.1. The van der Waals surface area contributed by atoms with Crippen LogP contribution in [0.5, 0.6) is 0 Å². The zero-order valence-corrected chi connectivity index (χ0v) is 11.7. The number of methoxy groups -OCH3 is 1. The molecule has 1 atom stereocenters. The van der Waals surface area contributed by atoms with Crippen LogP contribution >= 0.6 is 11.8 Å². The van der Waals surface area contributed by atoms with Crippen LogP contribution in [-0.2, 0) is 9.53 Å². The van der Waals surface area contributed by atoms with Crippen molar-refractivity contribution in [1.82, 2.24) is 0 Å². The fraction of sp³-hybridized carbons (Fsp3) is 0.429. The summed E-state index contributed by atoms with van der Waals surface area (Å²) in [6.07, 6.45) is 3.22. The average molecular weight is 279 g/mol. The first-order valence-corrected chi connectivity index (χ1v) is 7.36. The molecule has 1 aromatic carbocycles. The number of ether oxygens (including phenoxy) is 1. The summed E-state index contributed by atoms with van der Waals surface area (Å²) in [5.74, 6) is 0.662. The molecule has 4 nitrogen and oxygen atoms in total. The first kappa shape index (κ1) is 13.9. The summed E-state index contributed by atoms with van der Waals surface area (Å²) in [7, 11) is 1.34. The van der Waals surface area contributed by atoms with Gasteiger partial charge in [-0.05, 0) is 36.8 Å². The molecule has 5 heteroatoms. The van der Waals surface area contributed by atoms with Crippen LogP contribution < -0.4 is 5.32 Å². The normalized spacial score (nSPS) is 18.7. The third-order valence-electron chi connectivity index (χ3n) is 3.02. The maximum atomic E-state index is 12.1. The second-order valence-electron chi connectivity index (χ2n) is 4.42. The van der Waals surface area contributed by atoms with Gasteiger partial charge >= 0.3 is 5.97 Å². The highest BCUT2D eigenvalue weighted by Crippen LogP contribution is 2.26. The van der Waals surface area contributed by atoms with Gasteiger partial charge in [0.25, 0.3) is 0 Å². The van der Waals surface area contributed by atoms with E-state index in [0.29, 0.717) is 11.3 Å². The summed E-state index contributed by atoms with van der Waals surface area (Å²) in [5, 5.41) is 2.89. The molecule has 1 aliphatic heterocycles. The van der Waals surface area contributed by atoms with Crippen molar-refractivity contribution in [3.05, 3.63) is 29.8 Å². The zero-order valence-electron chi connectivity index (χ0n) is 10.8. The number of carbonyl (C=O) groups is 2. The molecule has 19 heavy (non-hydrogen) atoms. The lowest BCUT2D eigenvalue weighted by Gasteiger charge is -2.20. The summed E-state index contributed by atoms with van der Waals surface area (Å²) in [6, 6.07) is 6.81. The third-order valence-corrected chi connectivity index (χ3v) is 4.40. The molecule has 1 fully saturated rings. The summed E-state index contributed by atoms with van der Waals surface area (Å²) >= 11 is 1.70. The molecular weight excluding hydrogens is 262 g/mol. The number of carbonyl (C=O) groups excluding carboxylic acids is 2. The Morgan fingerprint density at radius 1 is 1.37 bits per heavy atom. The van der Waals surface area contributed by atoms with E-state index in [2.05, 4.69) is 10.1 Å². The lowest BCUT2D eigenvalue weighted by Crippen LogP contribution is -2.27. The molecule has 1 aromatic rings. The zero-order chi connectivity index (χ0) is 13.7. The predicted molar refractivity (Wildman–Crippen MR) is 76.5 cm³/mol. The molecule has 1 aliphatic rings. The molecule has 0 radical (unpaired) electrons. The highest BCUT2D eigenvalue weighted by Gasteiger charge is 2.21. The number of esters is 1. The number of rotatable bonds is 3. The van der Waals surface area contributed by atoms with Crippen molar-refractivity contribution < 1.29 is 14.3 Å². The summed E-state index contributed by atoms with van der Waals surface area (Å²) in [6.45, 7) is 0. The average Bonchev–Trinajstić information content (AvgIpc) is 2.47. The van der Waals surface area contributed by atoms with Gasteiger partial charge < -0.3 is 10.1 Å². The molecule has 0 bridgehead atoms. The van der Waals surface area contributed by atoms with Gasteiger partial charge in [0.15, 0.2) is 0 Å². The van der Waals surface area contributed by atoms with Crippen LogP contribution in [0.15, 0.2) is 24.3 Å². The van der Waals surface area contributed by atoms with Crippen molar-refractivity contribution in [2.75, 3.05) is 18.2 Å². The van der Waals surface area contributed by atoms with Gasteiger partial charge in [-0.1, -0.05) is 12.5 Å². The van der Waals surface area contributed by atoms with E-state index in [1.165, 1.54) is 13.5 Å². The molecule has 0 aromatic heterocycles. The minimum absolute atomic E-state index is 0.0201. The largest absolute Gasteiger partial charge is 0.465 e. The van der Waals surface area contributed by atoms with Crippen LogP contribution in [0.3, 0.4) is 0 Å². The Morgan fingerprint density at radius 3 is 2.89 bits per heavy atom. The monoisotopic (exact) mass is 279 g/mol. The third kappa shape index (κ3) is 3.73. The minimum Gasteiger partial charge on any atom is -0.465 e. The van der Waals surface area contributed by atoms with E-state index >= 15 is 0 Å². The summed E-state index contributed by atoms with van der Waals surface area (Å²) in [5.41, 5.74) is 1.08. The molecular formula is C14H17NO3S. The smallest absolute Gasteiger partial charge is 0.337 e. The van der Waals surface area contributed by atoms with Crippen molar-refractivity contribution >= 4 is 29.3 Å². The van der Waals surface area contributed by atoms with Crippen molar-refractivity contribution in [2.24, 2.45) is 0 Å². The lowest BCUT2D eigenvalue weighted by atomic mass is 10.1. The molecule has 1 unspecified atom stereocenters. The van der Waals surface area contributed by atoms with Gasteiger partial charge in [-0.2, -0.15) is 0 Å². The Balaban J connectivity index is 2.02. The molecule has 102 valence electrons. The molecule has 1 heterocycles. The van der Waals surface area contributed by atoms with E-state index in [-0.39, 0.29) is 11.2 Å². The van der Waals surface area contributed by atoms with E-state index < -0.39 is 5.97 Å². The van der Waals surface area contributed by atoms with Gasteiger partial charge in [-0.15, -0.1) is 11.8 Å². The quantitative estimate of drug-likeness (QED) is 0.864. The van der Waals surface area contributed by atoms with Crippen LogP contribution in [0.2, 0.25) is 0 Å². The Bertz CT molecular complexity index is 470. The first-order chi connectivity index (χ1) is 9.20. The summed E-state index contributed by atoms with van der Waals surface area (Å²) in [4.78, 5) is 23.5. The van der Waals surface area contributed by atoms with Crippen LogP contribution in [0.1, 0.15) is 29.6 Å². The molecule has 1 amide bonds. The number of benzene rings is 1. The van der Waals surface area contributed by atoms with E-state index in [0.717, 1.165) is 18.6 Å². The fourth-order valence-corrected chi connectivity index (χ4v) is 3.21. The standard InChI is InChI=1S/C14H17NO3S/c1-18-14(17)10-5-4-6-11(9-10)15-13(16)12-7-2-3-8-19-12/h4-6,9,12H,2-3,7-8H2,1H3,(H,15,16). The van der Waals surface area contributed by atoms with E-state index in [1.54, 1.807) is 36.0 Å². The highest BCUT2D eigenvalue weighted by atomic mass is 32.2. The molecule has 2 rings (SSSR count). The topological polar surface area (TPSA) is 55.4 Å². The molecule has 0 spiro atoms. The Morgan fingerprint density at radius 2 is 2.21 bits per heavy atom. The van der Waals surface area contributed by atoms with Crippen molar-refractivity contribution in [3.8, 4) is 0 Å². The molecule has 1 saturated heterocycles. The van der Waals surface area contributed by atoms with E-state index in [1.807, 2.05) is 0 Å². The molecule has 0 saturated carbocycles. The van der Waals surface area contributed by atoms with Crippen LogP contribution in [-0.4, -0.2) is 30.0 Å². The SMILES string of the molecule is COC(=O)c1cccc(NC(=O)C2CCCCS2)c1. The predicted octanol–water partition coefficient (Wildman–Crippen LogP) is 2.70. The highest BCUT2D eigenvalue weighted by molar-refractivity contribution is 8.00. The van der Waals surface area contributed by atoms with Gasteiger partial charge in [0.1, 0.15) is 0 Å². The van der Waals surface area contributed by atoms with Gasteiger partial charge in [0.05, 0.1) is 17.9 Å². The van der Waals surface area contributed by atoms with Crippen LogP contribution in [0.4, 0.5) is 5.69 Å². The Hall–Kier alpha value is -1.49. The van der Waals surface area contributed by atoms with E-state index in [9.17, 15) is 9.59 Å². The van der Waals surface area contributed by atoms with Gasteiger partial charge in [-0.3, -0.25) is 4.79 Å². The van der Waals surface area contributed by atoms with Gasteiger partial charge in [-0.25, -0.2) is 4.79 Å². The van der Waals surface area contributed by atoms with Gasteiger partial charge in [0, 0.05) is 5.69 Å². The van der Waals surface area contributed by atoms with Crippen molar-refractivity contribution in [2.45, 2.75) is 24.5 Å². The second-order valence-corrected chi connectivity index (χ2v) is 5.73. The number of anilines is 1. The number of hydrogen-bond donors (Lipinski definition) is 1. The van der Waals surface area contributed by atoms with Gasteiger partial charge in [0.2, 0.25) is 5.91 Å². The lowest BCUT2D eigenvalue weighted by molar-refractivity contribution is -0.115. The van der Waals surface area contributed by atoms with Crippen LogP contribution in [0, 0.1) is 0 Å². The number of amides is 1. The summed E-state index contributed by atoms with van der Waals surface area (Å²) < 4.78 is 4.66. The van der Waals surface area contributed by atoms with Crippen molar-refractivity contribution in [3.63, 3.8) is 0 Å². The Kier molecular flexibility index (Phi) is 4.85. The first-order valence-electron chi connectivity index (χ1n) is 6.31. The van der Waals surface area contributed by atoms with Crippen molar-refractivity contribution in [1.29, 1.82) is 0 Å². The number of thioether (sulfide) groups is 1. The van der Waals surface area contributed by atoms with Crippen LogP contribution in [0.25, 0.3) is 0 Å². The Labute approximate surface area is 116 Å². The minimum atomic E-state index is -0.400. The maximum Gasteiger partial charge on any atom is 0.337 e. The second kappa shape index (κ2) is 6.61. The molecule has 0 aliphatic carbocycles. The fourth-order valence-electron chi connectivity index (χ4n) is 2.01. The number of hydrogen-bond acceptors (Lipinski definition) is 4. The van der Waals surface area contributed by atoms with E-state index in [4.69, 9.17) is 0 Å².